The van der Waals surface area contributed by atoms with Gasteiger partial charge in [0.05, 0.1) is 6.26 Å². The molecule has 2 N–H and O–H groups in total. The number of nitrogens with zero attached hydrogens (tertiary/aromatic N) is 1. The second-order valence-corrected chi connectivity index (χ2v) is 7.43. The molecule has 158 valence electrons. The van der Waals surface area contributed by atoms with Crippen LogP contribution in [0, 0.1) is 5.92 Å². The average molecular weight is 417 g/mol. The Morgan fingerprint density at radius 1 is 0.806 bits per heavy atom. The first-order valence-corrected chi connectivity index (χ1v) is 10.2. The predicted molar refractivity (Wildman–Crippen MR) is 117 cm³/mol. The molecule has 7 heteroatoms. The van der Waals surface area contributed by atoms with Crippen molar-refractivity contribution in [3.05, 3.63) is 84.3 Å². The Balaban J connectivity index is 1.29. The van der Waals surface area contributed by atoms with E-state index in [1.165, 1.54) is 6.26 Å². The van der Waals surface area contributed by atoms with Crippen LogP contribution < -0.4 is 10.6 Å². The first kappa shape index (κ1) is 20.4. The molecule has 1 fully saturated rings. The van der Waals surface area contributed by atoms with E-state index in [9.17, 15) is 14.4 Å². The lowest BCUT2D eigenvalue weighted by Crippen LogP contribution is -2.41. The number of furan rings is 1. The molecule has 0 aliphatic carbocycles. The SMILES string of the molecule is O=C(Nc1ccc(C(=O)N2CCC(C(=O)Nc3ccccc3)CC2)cc1)c1ccco1. The minimum absolute atomic E-state index is 0.00468. The Morgan fingerprint density at radius 2 is 1.48 bits per heavy atom. The van der Waals surface area contributed by atoms with Crippen LogP contribution >= 0.6 is 0 Å². The molecule has 31 heavy (non-hydrogen) atoms. The van der Waals surface area contributed by atoms with Gasteiger partial charge in [-0.1, -0.05) is 18.2 Å². The van der Waals surface area contributed by atoms with E-state index in [-0.39, 0.29) is 29.4 Å². The summed E-state index contributed by atoms with van der Waals surface area (Å²) in [5.74, 6) is -0.316. The number of likely N-dealkylation sites (tertiary alicyclic amines) is 1. The summed E-state index contributed by atoms with van der Waals surface area (Å²) in [5, 5.41) is 5.66. The van der Waals surface area contributed by atoms with Gasteiger partial charge in [0.1, 0.15) is 0 Å². The van der Waals surface area contributed by atoms with E-state index >= 15 is 0 Å². The molecule has 0 spiro atoms. The molecule has 0 atom stereocenters. The van der Waals surface area contributed by atoms with Gasteiger partial charge < -0.3 is 20.0 Å². The minimum atomic E-state index is -0.347. The third-order valence-corrected chi connectivity index (χ3v) is 5.33. The van der Waals surface area contributed by atoms with Crippen molar-refractivity contribution in [2.24, 2.45) is 5.92 Å². The molecule has 0 radical (unpaired) electrons. The number of piperidine rings is 1. The van der Waals surface area contributed by atoms with Gasteiger partial charge in [-0.05, 0) is 61.4 Å². The molecule has 4 rings (SSSR count). The normalized spacial score (nSPS) is 14.1. The van der Waals surface area contributed by atoms with Gasteiger partial charge in [-0.2, -0.15) is 0 Å². The van der Waals surface area contributed by atoms with Crippen molar-refractivity contribution < 1.29 is 18.8 Å². The van der Waals surface area contributed by atoms with Gasteiger partial charge in [-0.15, -0.1) is 0 Å². The highest BCUT2D eigenvalue weighted by atomic mass is 16.3. The molecule has 2 heterocycles. The van der Waals surface area contributed by atoms with Crippen LogP contribution in [0.4, 0.5) is 11.4 Å². The quantitative estimate of drug-likeness (QED) is 0.656. The van der Waals surface area contributed by atoms with Gasteiger partial charge in [-0.3, -0.25) is 14.4 Å². The number of benzene rings is 2. The maximum atomic E-state index is 12.8. The highest BCUT2D eigenvalue weighted by molar-refractivity contribution is 6.02. The molecule has 1 aliphatic heterocycles. The fraction of sp³-hybridized carbons (Fsp3) is 0.208. The van der Waals surface area contributed by atoms with Gasteiger partial charge in [0.2, 0.25) is 5.91 Å². The molecule has 3 aromatic rings. The number of rotatable bonds is 5. The predicted octanol–water partition coefficient (Wildman–Crippen LogP) is 4.02. The molecule has 1 saturated heterocycles. The fourth-order valence-corrected chi connectivity index (χ4v) is 3.59. The number of carbonyl (C=O) groups is 3. The number of hydrogen-bond donors (Lipinski definition) is 2. The zero-order chi connectivity index (χ0) is 21.6. The number of anilines is 2. The topological polar surface area (TPSA) is 91.7 Å². The fourth-order valence-electron chi connectivity index (χ4n) is 3.59. The molecule has 1 aromatic heterocycles. The van der Waals surface area contributed by atoms with Crippen molar-refractivity contribution in [1.82, 2.24) is 4.90 Å². The summed E-state index contributed by atoms with van der Waals surface area (Å²) in [5.41, 5.74) is 1.91. The van der Waals surface area contributed by atoms with Crippen LogP contribution in [0.25, 0.3) is 0 Å². The summed E-state index contributed by atoms with van der Waals surface area (Å²) in [6, 6.07) is 19.4. The zero-order valence-corrected chi connectivity index (χ0v) is 16.9. The first-order chi connectivity index (χ1) is 15.1. The van der Waals surface area contributed by atoms with Crippen molar-refractivity contribution in [2.75, 3.05) is 23.7 Å². The molecule has 0 bridgehead atoms. The van der Waals surface area contributed by atoms with Crippen LogP contribution in [-0.4, -0.2) is 35.7 Å². The first-order valence-electron chi connectivity index (χ1n) is 10.2. The van der Waals surface area contributed by atoms with E-state index in [4.69, 9.17) is 4.42 Å². The Bertz CT molecular complexity index is 1040. The number of nitrogens with one attached hydrogen (secondary N) is 2. The number of para-hydroxylation sites is 1. The van der Waals surface area contributed by atoms with Gasteiger partial charge in [0, 0.05) is 35.9 Å². The van der Waals surface area contributed by atoms with E-state index in [0.717, 1.165) is 5.69 Å². The van der Waals surface area contributed by atoms with Crippen molar-refractivity contribution in [3.63, 3.8) is 0 Å². The Morgan fingerprint density at radius 3 is 2.13 bits per heavy atom. The third kappa shape index (κ3) is 5.01. The van der Waals surface area contributed by atoms with Crippen LogP contribution in [0.1, 0.15) is 33.8 Å². The van der Waals surface area contributed by atoms with Crippen LogP contribution in [0.3, 0.4) is 0 Å². The lowest BCUT2D eigenvalue weighted by atomic mass is 9.95. The average Bonchev–Trinajstić information content (AvgIpc) is 3.35. The molecule has 0 saturated carbocycles. The highest BCUT2D eigenvalue weighted by Crippen LogP contribution is 2.22. The van der Waals surface area contributed by atoms with E-state index in [1.54, 1.807) is 41.3 Å². The van der Waals surface area contributed by atoms with Crippen molar-refractivity contribution in [1.29, 1.82) is 0 Å². The minimum Gasteiger partial charge on any atom is -0.459 e. The summed E-state index contributed by atoms with van der Waals surface area (Å²) in [6.07, 6.45) is 2.69. The van der Waals surface area contributed by atoms with Gasteiger partial charge in [-0.25, -0.2) is 0 Å². The van der Waals surface area contributed by atoms with Crippen molar-refractivity contribution in [3.8, 4) is 0 Å². The maximum Gasteiger partial charge on any atom is 0.291 e. The molecular formula is C24H23N3O4. The lowest BCUT2D eigenvalue weighted by Gasteiger charge is -2.31. The Kier molecular flexibility index (Phi) is 6.12. The summed E-state index contributed by atoms with van der Waals surface area (Å²) in [7, 11) is 0. The number of carbonyl (C=O) groups excluding carboxylic acids is 3. The van der Waals surface area contributed by atoms with E-state index in [2.05, 4.69) is 10.6 Å². The molecule has 7 nitrogen and oxygen atoms in total. The van der Waals surface area contributed by atoms with Crippen LogP contribution in [0.2, 0.25) is 0 Å². The number of amides is 3. The molecule has 0 unspecified atom stereocenters. The number of hydrogen-bond acceptors (Lipinski definition) is 4. The Hall–Kier alpha value is -3.87. The maximum absolute atomic E-state index is 12.8. The van der Waals surface area contributed by atoms with Crippen molar-refractivity contribution in [2.45, 2.75) is 12.8 Å². The summed E-state index contributed by atoms with van der Waals surface area (Å²) < 4.78 is 5.07. The van der Waals surface area contributed by atoms with Gasteiger partial charge >= 0.3 is 0 Å². The largest absolute Gasteiger partial charge is 0.459 e. The smallest absolute Gasteiger partial charge is 0.291 e. The van der Waals surface area contributed by atoms with Crippen LogP contribution in [0.5, 0.6) is 0 Å². The molecule has 3 amide bonds. The van der Waals surface area contributed by atoms with Crippen molar-refractivity contribution >= 4 is 29.1 Å². The summed E-state index contributed by atoms with van der Waals surface area (Å²) in [4.78, 5) is 39.1. The standard InChI is InChI=1S/C24H23N3O4/c28-22(25-19-5-2-1-3-6-19)17-12-14-27(15-13-17)24(30)18-8-10-20(11-9-18)26-23(29)21-7-4-16-31-21/h1-11,16-17H,12-15H2,(H,25,28)(H,26,29). The second-order valence-electron chi connectivity index (χ2n) is 7.43. The van der Waals surface area contributed by atoms with Gasteiger partial charge in [0.15, 0.2) is 5.76 Å². The van der Waals surface area contributed by atoms with Crippen LogP contribution in [0.15, 0.2) is 77.4 Å². The monoisotopic (exact) mass is 417 g/mol. The van der Waals surface area contributed by atoms with Crippen LogP contribution in [-0.2, 0) is 4.79 Å². The summed E-state index contributed by atoms with van der Waals surface area (Å²) in [6.45, 7) is 1.06. The highest BCUT2D eigenvalue weighted by Gasteiger charge is 2.28. The summed E-state index contributed by atoms with van der Waals surface area (Å²) >= 11 is 0. The van der Waals surface area contributed by atoms with E-state index < -0.39 is 0 Å². The lowest BCUT2D eigenvalue weighted by molar-refractivity contribution is -0.121. The molecule has 2 aromatic carbocycles. The third-order valence-electron chi connectivity index (χ3n) is 5.33. The molecular weight excluding hydrogens is 394 g/mol. The van der Waals surface area contributed by atoms with Gasteiger partial charge in [0.25, 0.3) is 11.8 Å². The zero-order valence-electron chi connectivity index (χ0n) is 16.9. The Labute approximate surface area is 180 Å². The second kappa shape index (κ2) is 9.30. The van der Waals surface area contributed by atoms with E-state index in [0.29, 0.717) is 37.2 Å². The van der Waals surface area contributed by atoms with E-state index in [1.807, 2.05) is 30.3 Å². The molecule has 1 aliphatic rings.